The largest absolute Gasteiger partial charge is 0.380 e. The Bertz CT molecular complexity index is 673. The van der Waals surface area contributed by atoms with E-state index in [1.807, 2.05) is 36.4 Å². The number of ether oxygens (including phenoxy) is 1. The Morgan fingerprint density at radius 2 is 1.52 bits per heavy atom. The number of hydrogen-bond donors (Lipinski definition) is 0. The molecule has 2 aliphatic carbocycles. The summed E-state index contributed by atoms with van der Waals surface area (Å²) in [5.41, 5.74) is 1.64. The van der Waals surface area contributed by atoms with Gasteiger partial charge < -0.3 is 4.74 Å². The van der Waals surface area contributed by atoms with Gasteiger partial charge in [0.2, 0.25) is 0 Å². The number of carbonyl (C=O) groups excluding carboxylic acids is 1. The first-order valence-corrected chi connectivity index (χ1v) is 8.95. The van der Waals surface area contributed by atoms with Crippen LogP contribution in [0, 0.1) is 11.8 Å². The molecule has 0 heterocycles. The number of rotatable bonds is 3. The fourth-order valence-electron chi connectivity index (χ4n) is 4.62. The van der Waals surface area contributed by atoms with Gasteiger partial charge in [-0.05, 0) is 17.5 Å². The van der Waals surface area contributed by atoms with Crippen molar-refractivity contribution in [3.8, 4) is 0 Å². The van der Waals surface area contributed by atoms with Crippen LogP contribution < -0.4 is 0 Å². The number of hydrogen-bond acceptors (Lipinski definition) is 2. The molecule has 23 heavy (non-hydrogen) atoms. The number of alkyl halides is 1. The molecular weight excluding hydrogens is 352 g/mol. The molecule has 3 heteroatoms. The fourth-order valence-corrected chi connectivity index (χ4v) is 5.81. The normalized spacial score (nSPS) is 31.5. The lowest BCUT2D eigenvalue weighted by Crippen LogP contribution is -2.61. The van der Waals surface area contributed by atoms with Crippen molar-refractivity contribution in [2.75, 3.05) is 7.11 Å². The van der Waals surface area contributed by atoms with Crippen LogP contribution in [0.25, 0.3) is 0 Å². The quantitative estimate of drug-likeness (QED) is 0.764. The van der Waals surface area contributed by atoms with Crippen LogP contribution in [0.4, 0.5) is 0 Å². The number of benzene rings is 2. The van der Waals surface area contributed by atoms with Gasteiger partial charge in [-0.15, -0.1) is 0 Å². The van der Waals surface area contributed by atoms with Crippen LogP contribution in [0.1, 0.15) is 17.5 Å². The number of fused-ring (bicyclic) bond motifs is 1. The summed E-state index contributed by atoms with van der Waals surface area (Å²) >= 11 is 3.84. The van der Waals surface area contributed by atoms with Gasteiger partial charge in [-0.25, -0.2) is 0 Å². The van der Waals surface area contributed by atoms with E-state index in [4.69, 9.17) is 4.74 Å². The van der Waals surface area contributed by atoms with Gasteiger partial charge in [0, 0.05) is 23.8 Å². The highest BCUT2D eigenvalue weighted by Gasteiger charge is 2.69. The van der Waals surface area contributed by atoms with Crippen molar-refractivity contribution in [2.45, 2.75) is 22.8 Å². The third kappa shape index (κ3) is 1.93. The Morgan fingerprint density at radius 3 is 2.00 bits per heavy atom. The highest BCUT2D eigenvalue weighted by Crippen LogP contribution is 2.62. The molecule has 0 amide bonds. The van der Waals surface area contributed by atoms with Crippen LogP contribution in [0.2, 0.25) is 0 Å². The van der Waals surface area contributed by atoms with Crippen LogP contribution >= 0.6 is 15.9 Å². The summed E-state index contributed by atoms with van der Waals surface area (Å²) in [5.74, 6) is 0.665. The lowest BCUT2D eigenvalue weighted by molar-refractivity contribution is -0.141. The van der Waals surface area contributed by atoms with Gasteiger partial charge in [-0.3, -0.25) is 4.79 Å². The molecule has 0 spiro atoms. The first-order valence-electron chi connectivity index (χ1n) is 8.03. The number of halogens is 1. The highest BCUT2D eigenvalue weighted by atomic mass is 79.9. The lowest BCUT2D eigenvalue weighted by atomic mass is 9.48. The van der Waals surface area contributed by atoms with E-state index in [1.165, 1.54) is 0 Å². The van der Waals surface area contributed by atoms with Crippen molar-refractivity contribution in [3.05, 3.63) is 71.8 Å². The highest BCUT2D eigenvalue weighted by molar-refractivity contribution is 9.09. The maximum Gasteiger partial charge on any atom is 0.151 e. The molecule has 2 aromatic rings. The topological polar surface area (TPSA) is 26.3 Å². The van der Waals surface area contributed by atoms with E-state index in [0.717, 1.165) is 17.5 Å². The van der Waals surface area contributed by atoms with Crippen LogP contribution in [0.15, 0.2) is 60.7 Å². The van der Waals surface area contributed by atoms with Crippen molar-refractivity contribution < 1.29 is 9.53 Å². The third-order valence-electron chi connectivity index (χ3n) is 5.60. The first-order chi connectivity index (χ1) is 11.2. The Balaban J connectivity index is 1.90. The zero-order valence-electron chi connectivity index (χ0n) is 13.0. The predicted octanol–water partition coefficient (Wildman–Crippen LogP) is 3.97. The van der Waals surface area contributed by atoms with Gasteiger partial charge in [-0.2, -0.15) is 0 Å². The molecule has 0 bridgehead atoms. The molecule has 0 unspecified atom stereocenters. The van der Waals surface area contributed by atoms with E-state index in [9.17, 15) is 4.79 Å². The Morgan fingerprint density at radius 1 is 1.00 bits per heavy atom. The van der Waals surface area contributed by atoms with E-state index in [2.05, 4.69) is 40.2 Å². The van der Waals surface area contributed by atoms with Crippen molar-refractivity contribution in [2.24, 2.45) is 11.8 Å². The fraction of sp³-hybridized carbons (Fsp3) is 0.350. The molecule has 2 saturated carbocycles. The molecule has 0 radical (unpaired) electrons. The molecule has 0 N–H and O–H groups in total. The van der Waals surface area contributed by atoms with E-state index in [0.29, 0.717) is 5.78 Å². The minimum atomic E-state index is -0.547. The molecule has 4 atom stereocenters. The van der Waals surface area contributed by atoms with Gasteiger partial charge in [0.25, 0.3) is 0 Å². The summed E-state index contributed by atoms with van der Waals surface area (Å²) in [6.07, 6.45) is 0.917. The molecule has 0 saturated heterocycles. The number of carbonyl (C=O) groups is 1. The van der Waals surface area contributed by atoms with Crippen molar-refractivity contribution in [3.63, 3.8) is 0 Å². The molecule has 4 rings (SSSR count). The second-order valence-electron chi connectivity index (χ2n) is 6.49. The molecular formula is C20H19BrO2. The van der Waals surface area contributed by atoms with Crippen LogP contribution in [0.3, 0.4) is 0 Å². The maximum atomic E-state index is 13.3. The minimum Gasteiger partial charge on any atom is -0.380 e. The SMILES string of the molecule is CO[C@H]1C[C@H]2C(=O)C(c3ccccc3)(c3ccccc3)[C@@H]2[C@@H]1Br. The van der Waals surface area contributed by atoms with Crippen molar-refractivity contribution >= 4 is 21.7 Å². The predicted molar refractivity (Wildman–Crippen MR) is 93.8 cm³/mol. The van der Waals surface area contributed by atoms with Crippen LogP contribution in [0.5, 0.6) is 0 Å². The van der Waals surface area contributed by atoms with E-state index in [-0.39, 0.29) is 22.8 Å². The summed E-state index contributed by atoms with van der Waals surface area (Å²) in [4.78, 5) is 13.5. The monoisotopic (exact) mass is 370 g/mol. The van der Waals surface area contributed by atoms with Crippen molar-refractivity contribution in [1.82, 2.24) is 0 Å². The molecule has 2 aliphatic rings. The number of ketones is 1. The summed E-state index contributed by atoms with van der Waals surface area (Å²) in [6.45, 7) is 0. The average molecular weight is 371 g/mol. The Hall–Kier alpha value is -1.45. The summed E-state index contributed by atoms with van der Waals surface area (Å²) in [7, 11) is 1.74. The van der Waals surface area contributed by atoms with Gasteiger partial charge in [0.1, 0.15) is 0 Å². The van der Waals surface area contributed by atoms with E-state index in [1.54, 1.807) is 7.11 Å². The smallest absolute Gasteiger partial charge is 0.151 e. The standard InChI is InChI=1S/C20H19BrO2/c1-23-16-12-15-17(18(16)21)20(19(15)22,13-8-4-2-5-9-13)14-10-6-3-7-11-14/h2-11,15-18H,12H2,1H3/t15-,16+,17+,18-/m1/s1. The summed E-state index contributed by atoms with van der Waals surface area (Å²) < 4.78 is 5.62. The van der Waals surface area contributed by atoms with Gasteiger partial charge in [0.05, 0.1) is 11.5 Å². The van der Waals surface area contributed by atoms with Crippen LogP contribution in [-0.2, 0) is 14.9 Å². The molecule has 118 valence electrons. The second kappa shape index (κ2) is 5.57. The molecule has 2 aromatic carbocycles. The average Bonchev–Trinajstić information content (AvgIpc) is 2.91. The van der Waals surface area contributed by atoms with Crippen LogP contribution in [-0.4, -0.2) is 23.8 Å². The summed E-state index contributed by atoms with van der Waals surface area (Å²) in [6, 6.07) is 20.4. The molecule has 2 fully saturated rings. The summed E-state index contributed by atoms with van der Waals surface area (Å²) in [5, 5.41) is 0. The maximum absolute atomic E-state index is 13.3. The van der Waals surface area contributed by atoms with Gasteiger partial charge >= 0.3 is 0 Å². The molecule has 0 aromatic heterocycles. The van der Waals surface area contributed by atoms with E-state index < -0.39 is 5.41 Å². The van der Waals surface area contributed by atoms with E-state index >= 15 is 0 Å². The third-order valence-corrected chi connectivity index (χ3v) is 6.76. The molecule has 0 aliphatic heterocycles. The Kier molecular flexibility index (Phi) is 3.66. The van der Waals surface area contributed by atoms with Gasteiger partial charge in [-0.1, -0.05) is 76.6 Å². The number of methoxy groups -OCH3 is 1. The Labute approximate surface area is 145 Å². The minimum absolute atomic E-state index is 0.0877. The first kappa shape index (κ1) is 15.1. The zero-order valence-corrected chi connectivity index (χ0v) is 14.6. The lowest BCUT2D eigenvalue weighted by Gasteiger charge is -2.52. The van der Waals surface area contributed by atoms with Gasteiger partial charge in [0.15, 0.2) is 5.78 Å². The second-order valence-corrected chi connectivity index (χ2v) is 7.55. The number of Topliss-reactive ketones (excluding diaryl/α,β-unsaturated/α-hetero) is 1. The molecule has 2 nitrogen and oxygen atoms in total. The zero-order chi connectivity index (χ0) is 16.0. The van der Waals surface area contributed by atoms with Crippen molar-refractivity contribution in [1.29, 1.82) is 0 Å².